The summed E-state index contributed by atoms with van der Waals surface area (Å²) in [6, 6.07) is 0. The van der Waals surface area contributed by atoms with Crippen LogP contribution in [0.5, 0.6) is 0 Å². The second-order valence-corrected chi connectivity index (χ2v) is 1.75. The highest BCUT2D eigenvalue weighted by Crippen LogP contribution is 2.11. The molecule has 0 saturated carbocycles. The Balaban J connectivity index is 3.46. The summed E-state index contributed by atoms with van der Waals surface area (Å²) < 4.78 is 34.0. The van der Waals surface area contributed by atoms with Gasteiger partial charge < -0.3 is 5.32 Å². The quantitative estimate of drug-likeness (QED) is 0.635. The molecule has 0 atom stereocenters. The van der Waals surface area contributed by atoms with Gasteiger partial charge in [-0.05, 0) is 0 Å². The minimum absolute atomic E-state index is 0.0794. The lowest BCUT2D eigenvalue weighted by molar-refractivity contribution is -0.138. The lowest BCUT2D eigenvalue weighted by Gasteiger charge is -2.06. The average Bonchev–Trinajstić information content (AvgIpc) is 1.81. The molecule has 0 unspecified atom stereocenters. The number of halogens is 3. The van der Waals surface area contributed by atoms with Gasteiger partial charge in [-0.15, -0.1) is 0 Å². The molecule has 0 aromatic carbocycles. The molecule has 1 amide bonds. The predicted molar refractivity (Wildman–Crippen MR) is 29.4 cm³/mol. The van der Waals surface area contributed by atoms with E-state index in [0.717, 1.165) is 0 Å². The van der Waals surface area contributed by atoms with Crippen LogP contribution in [0.4, 0.5) is 13.2 Å². The van der Waals surface area contributed by atoms with Crippen LogP contribution in [0, 0.1) is 0 Å². The van der Waals surface area contributed by atoms with Crippen molar-refractivity contribution in [1.82, 2.24) is 5.32 Å². The first-order chi connectivity index (χ1) is 4.45. The minimum Gasteiger partial charge on any atom is -0.347 e. The van der Waals surface area contributed by atoms with Gasteiger partial charge in [0.05, 0.1) is 0 Å². The normalized spacial score (nSPS) is 11.2. The Labute approximate surface area is 56.4 Å². The van der Waals surface area contributed by atoms with Crippen LogP contribution in [0.2, 0.25) is 0 Å². The van der Waals surface area contributed by atoms with E-state index >= 15 is 0 Å². The van der Waals surface area contributed by atoms with Crippen LogP contribution in [-0.2, 0) is 4.79 Å². The Morgan fingerprint density at radius 1 is 1.50 bits per heavy atom. The zero-order valence-corrected chi connectivity index (χ0v) is 5.46. The molecule has 0 radical (unpaired) electrons. The van der Waals surface area contributed by atoms with Gasteiger partial charge in [-0.2, -0.15) is 13.2 Å². The Morgan fingerprint density at radius 3 is 2.30 bits per heavy atom. The molecule has 60 valence electrons. The zero-order valence-electron chi connectivity index (χ0n) is 5.46. The Kier molecular flexibility index (Phi) is 3.18. The number of carbonyl (C=O) groups is 1. The van der Waals surface area contributed by atoms with E-state index in [4.69, 9.17) is 0 Å². The van der Waals surface area contributed by atoms with Crippen molar-refractivity contribution in [2.75, 3.05) is 6.54 Å². The van der Waals surface area contributed by atoms with E-state index in [9.17, 15) is 18.0 Å². The Morgan fingerprint density at radius 2 is 2.00 bits per heavy atom. The SMILES string of the molecule is CCC(=O)NCC(F)(F)F. The first-order valence-corrected chi connectivity index (χ1v) is 2.79. The summed E-state index contributed by atoms with van der Waals surface area (Å²) >= 11 is 0. The van der Waals surface area contributed by atoms with Crippen molar-refractivity contribution in [1.29, 1.82) is 0 Å². The molecule has 2 nitrogen and oxygen atoms in total. The number of nitrogens with one attached hydrogen (secondary N) is 1. The van der Waals surface area contributed by atoms with E-state index in [-0.39, 0.29) is 6.42 Å². The maximum absolute atomic E-state index is 11.3. The molecular formula is C5H8F3NO. The molecule has 0 bridgehead atoms. The highest BCUT2D eigenvalue weighted by molar-refractivity contribution is 5.75. The Bertz CT molecular complexity index is 121. The third-order valence-corrected chi connectivity index (χ3v) is 0.807. The van der Waals surface area contributed by atoms with Crippen molar-refractivity contribution in [3.05, 3.63) is 0 Å². The van der Waals surface area contributed by atoms with Crippen LogP contribution in [0.3, 0.4) is 0 Å². The van der Waals surface area contributed by atoms with Crippen molar-refractivity contribution in [3.63, 3.8) is 0 Å². The predicted octanol–water partition coefficient (Wildman–Crippen LogP) is 1.07. The van der Waals surface area contributed by atoms with Crippen molar-refractivity contribution in [3.8, 4) is 0 Å². The van der Waals surface area contributed by atoms with Gasteiger partial charge >= 0.3 is 6.18 Å². The van der Waals surface area contributed by atoms with Crippen LogP contribution < -0.4 is 5.32 Å². The topological polar surface area (TPSA) is 29.1 Å². The van der Waals surface area contributed by atoms with Gasteiger partial charge in [-0.25, -0.2) is 0 Å². The second kappa shape index (κ2) is 3.43. The standard InChI is InChI=1S/C5H8F3NO/c1-2-4(10)9-3-5(6,7)8/h2-3H2,1H3,(H,9,10). The van der Waals surface area contributed by atoms with Gasteiger partial charge in [-0.1, -0.05) is 6.92 Å². The fourth-order valence-electron chi connectivity index (χ4n) is 0.324. The van der Waals surface area contributed by atoms with Gasteiger partial charge in [-0.3, -0.25) is 4.79 Å². The molecule has 0 aliphatic rings. The van der Waals surface area contributed by atoms with Crippen LogP contribution in [0.15, 0.2) is 0 Å². The highest BCUT2D eigenvalue weighted by atomic mass is 19.4. The van der Waals surface area contributed by atoms with E-state index in [2.05, 4.69) is 0 Å². The van der Waals surface area contributed by atoms with E-state index in [1.165, 1.54) is 6.92 Å². The summed E-state index contributed by atoms with van der Waals surface area (Å²) in [7, 11) is 0. The molecule has 0 spiro atoms. The first kappa shape index (κ1) is 9.26. The number of rotatable bonds is 2. The van der Waals surface area contributed by atoms with Crippen molar-refractivity contribution < 1.29 is 18.0 Å². The largest absolute Gasteiger partial charge is 0.405 e. The summed E-state index contributed by atoms with van der Waals surface area (Å²) in [4.78, 5) is 10.2. The number of amides is 1. The van der Waals surface area contributed by atoms with E-state index in [0.29, 0.717) is 0 Å². The van der Waals surface area contributed by atoms with Crippen LogP contribution in [-0.4, -0.2) is 18.6 Å². The maximum Gasteiger partial charge on any atom is 0.405 e. The number of alkyl halides is 3. The lowest BCUT2D eigenvalue weighted by atomic mass is 10.4. The fraction of sp³-hybridized carbons (Fsp3) is 0.800. The average molecular weight is 155 g/mol. The van der Waals surface area contributed by atoms with Crippen LogP contribution in [0.1, 0.15) is 13.3 Å². The van der Waals surface area contributed by atoms with Gasteiger partial charge in [0.15, 0.2) is 0 Å². The Hall–Kier alpha value is -0.740. The molecule has 0 aliphatic carbocycles. The molecule has 1 N–H and O–H groups in total. The molecule has 0 aromatic rings. The molecule has 0 rings (SSSR count). The first-order valence-electron chi connectivity index (χ1n) is 2.79. The van der Waals surface area contributed by atoms with Gasteiger partial charge in [0.1, 0.15) is 6.54 Å². The molecule has 0 aromatic heterocycles. The fourth-order valence-corrected chi connectivity index (χ4v) is 0.324. The molecule has 5 heteroatoms. The van der Waals surface area contributed by atoms with Crippen LogP contribution >= 0.6 is 0 Å². The monoisotopic (exact) mass is 155 g/mol. The minimum atomic E-state index is -4.30. The highest BCUT2D eigenvalue weighted by Gasteiger charge is 2.27. The van der Waals surface area contributed by atoms with E-state index < -0.39 is 18.6 Å². The number of carbonyl (C=O) groups excluding carboxylic acids is 1. The molecule has 0 fully saturated rings. The second-order valence-electron chi connectivity index (χ2n) is 1.75. The van der Waals surface area contributed by atoms with Crippen molar-refractivity contribution in [2.45, 2.75) is 19.5 Å². The van der Waals surface area contributed by atoms with Gasteiger partial charge in [0.25, 0.3) is 0 Å². The third kappa shape index (κ3) is 5.40. The van der Waals surface area contributed by atoms with E-state index in [1.807, 2.05) is 0 Å². The molecule has 0 saturated heterocycles. The molecule has 10 heavy (non-hydrogen) atoms. The lowest BCUT2D eigenvalue weighted by Crippen LogP contribution is -2.33. The van der Waals surface area contributed by atoms with Gasteiger partial charge in [0, 0.05) is 6.42 Å². The van der Waals surface area contributed by atoms with Gasteiger partial charge in [0.2, 0.25) is 5.91 Å². The van der Waals surface area contributed by atoms with Crippen LogP contribution in [0.25, 0.3) is 0 Å². The summed E-state index contributed by atoms with van der Waals surface area (Å²) in [5.74, 6) is -0.586. The van der Waals surface area contributed by atoms with E-state index in [1.54, 1.807) is 5.32 Å². The summed E-state index contributed by atoms with van der Waals surface area (Å²) in [6.07, 6.45) is -4.22. The van der Waals surface area contributed by atoms with Crippen molar-refractivity contribution in [2.24, 2.45) is 0 Å². The third-order valence-electron chi connectivity index (χ3n) is 0.807. The molecule has 0 heterocycles. The maximum atomic E-state index is 11.3. The number of hydrogen-bond donors (Lipinski definition) is 1. The van der Waals surface area contributed by atoms with Crippen molar-refractivity contribution >= 4 is 5.91 Å². The zero-order chi connectivity index (χ0) is 8.20. The molecule has 0 aliphatic heterocycles. The smallest absolute Gasteiger partial charge is 0.347 e. The number of hydrogen-bond acceptors (Lipinski definition) is 1. The summed E-state index contributed by atoms with van der Waals surface area (Å²) in [5.41, 5.74) is 0. The summed E-state index contributed by atoms with van der Waals surface area (Å²) in [5, 5.41) is 1.71. The molecular weight excluding hydrogens is 147 g/mol. The summed E-state index contributed by atoms with van der Waals surface area (Å²) in [6.45, 7) is 0.255.